The second-order valence-corrected chi connectivity index (χ2v) is 7.18. The second-order valence-electron chi connectivity index (χ2n) is 4.24. The van der Waals surface area contributed by atoms with Crippen molar-refractivity contribution in [1.82, 2.24) is 0 Å². The van der Waals surface area contributed by atoms with Gasteiger partial charge >= 0.3 is 8.80 Å². The highest BCUT2D eigenvalue weighted by molar-refractivity contribution is 6.60. The summed E-state index contributed by atoms with van der Waals surface area (Å²) in [5.74, 6) is 0.929. The molecule has 0 aliphatic carbocycles. The van der Waals surface area contributed by atoms with E-state index in [1.54, 1.807) is 28.4 Å². The monoisotopic (exact) mass is 270 g/mol. The minimum Gasteiger partial charge on any atom is -0.496 e. The third-order valence-corrected chi connectivity index (χ3v) is 5.79. The Morgan fingerprint density at radius 1 is 0.889 bits per heavy atom. The molecule has 5 heteroatoms. The molecular weight excluding hydrogens is 248 g/mol. The van der Waals surface area contributed by atoms with Crippen molar-refractivity contribution in [3.05, 3.63) is 28.8 Å². The van der Waals surface area contributed by atoms with Gasteiger partial charge in [-0.1, -0.05) is 12.1 Å². The van der Waals surface area contributed by atoms with Crippen LogP contribution in [0.25, 0.3) is 0 Å². The van der Waals surface area contributed by atoms with Crippen molar-refractivity contribution in [2.75, 3.05) is 28.4 Å². The first-order chi connectivity index (χ1) is 8.51. The number of benzene rings is 1. The number of hydrogen-bond acceptors (Lipinski definition) is 4. The second kappa shape index (κ2) is 6.33. The molecule has 102 valence electrons. The van der Waals surface area contributed by atoms with E-state index in [-0.39, 0.29) is 0 Å². The number of ether oxygens (including phenoxy) is 1. The maximum atomic E-state index is 5.44. The van der Waals surface area contributed by atoms with E-state index < -0.39 is 8.80 Å². The van der Waals surface area contributed by atoms with Gasteiger partial charge in [0.2, 0.25) is 0 Å². The van der Waals surface area contributed by atoms with Crippen molar-refractivity contribution in [1.29, 1.82) is 0 Å². The van der Waals surface area contributed by atoms with Gasteiger partial charge in [0.05, 0.1) is 7.11 Å². The Bertz CT molecular complexity index is 371. The lowest BCUT2D eigenvalue weighted by Crippen LogP contribution is -2.45. The van der Waals surface area contributed by atoms with Gasteiger partial charge in [-0.15, -0.1) is 0 Å². The number of methoxy groups -OCH3 is 1. The molecular formula is C13H22O4Si. The summed E-state index contributed by atoms with van der Waals surface area (Å²) in [5.41, 5.74) is 3.36. The maximum absolute atomic E-state index is 5.44. The van der Waals surface area contributed by atoms with Crippen molar-refractivity contribution < 1.29 is 18.0 Å². The topological polar surface area (TPSA) is 36.9 Å². The molecule has 0 aromatic heterocycles. The Balaban J connectivity index is 3.05. The molecule has 0 radical (unpaired) electrons. The summed E-state index contributed by atoms with van der Waals surface area (Å²) < 4.78 is 21.7. The predicted molar refractivity (Wildman–Crippen MR) is 73.0 cm³/mol. The van der Waals surface area contributed by atoms with Gasteiger partial charge in [-0.25, -0.2) is 0 Å². The van der Waals surface area contributed by atoms with Gasteiger partial charge in [0.25, 0.3) is 0 Å². The van der Waals surface area contributed by atoms with Crippen molar-refractivity contribution in [3.63, 3.8) is 0 Å². The fraction of sp³-hybridized carbons (Fsp3) is 0.538. The molecule has 0 fully saturated rings. The molecule has 18 heavy (non-hydrogen) atoms. The van der Waals surface area contributed by atoms with E-state index >= 15 is 0 Å². The van der Waals surface area contributed by atoms with Crippen LogP contribution in [0, 0.1) is 13.8 Å². The largest absolute Gasteiger partial charge is 0.504 e. The van der Waals surface area contributed by atoms with E-state index in [1.165, 1.54) is 0 Å². The van der Waals surface area contributed by atoms with Gasteiger partial charge in [-0.05, 0) is 30.5 Å². The van der Waals surface area contributed by atoms with Gasteiger partial charge in [-0.3, -0.25) is 0 Å². The van der Waals surface area contributed by atoms with E-state index in [4.69, 9.17) is 18.0 Å². The fourth-order valence-electron chi connectivity index (χ4n) is 2.18. The van der Waals surface area contributed by atoms with Crippen LogP contribution in [0.2, 0.25) is 0 Å². The highest BCUT2D eigenvalue weighted by Gasteiger charge is 2.38. The molecule has 0 saturated heterocycles. The Kier molecular flexibility index (Phi) is 5.34. The molecule has 1 aromatic carbocycles. The number of hydrogen-bond donors (Lipinski definition) is 0. The summed E-state index contributed by atoms with van der Waals surface area (Å²) in [6.07, 6.45) is 0. The molecule has 0 atom stereocenters. The molecule has 0 bridgehead atoms. The highest BCUT2D eigenvalue weighted by Crippen LogP contribution is 2.26. The van der Waals surface area contributed by atoms with Crippen LogP contribution in [0.5, 0.6) is 5.75 Å². The summed E-state index contributed by atoms with van der Waals surface area (Å²) in [4.78, 5) is 0. The molecule has 0 aliphatic rings. The molecule has 1 aromatic rings. The Morgan fingerprint density at radius 2 is 1.33 bits per heavy atom. The van der Waals surface area contributed by atoms with Crippen LogP contribution in [-0.4, -0.2) is 37.2 Å². The zero-order valence-electron chi connectivity index (χ0n) is 12.0. The summed E-state index contributed by atoms with van der Waals surface area (Å²) >= 11 is 0. The third kappa shape index (κ3) is 3.11. The zero-order chi connectivity index (χ0) is 13.8. The summed E-state index contributed by atoms with van der Waals surface area (Å²) in [6.45, 7) is 4.07. The summed E-state index contributed by atoms with van der Waals surface area (Å²) in [5, 5.41) is 0. The van der Waals surface area contributed by atoms with Crippen molar-refractivity contribution in [3.8, 4) is 5.75 Å². The highest BCUT2D eigenvalue weighted by atomic mass is 28.4. The first-order valence-electron chi connectivity index (χ1n) is 5.81. The van der Waals surface area contributed by atoms with E-state index in [0.717, 1.165) is 22.4 Å². The van der Waals surface area contributed by atoms with Gasteiger partial charge < -0.3 is 18.0 Å². The van der Waals surface area contributed by atoms with Gasteiger partial charge in [0.15, 0.2) is 0 Å². The third-order valence-electron chi connectivity index (χ3n) is 3.08. The van der Waals surface area contributed by atoms with Crippen LogP contribution in [0.15, 0.2) is 12.1 Å². The molecule has 0 saturated carbocycles. The minimum atomic E-state index is -2.57. The molecule has 0 spiro atoms. The average molecular weight is 270 g/mol. The fourth-order valence-corrected chi connectivity index (χ4v) is 3.82. The molecule has 0 heterocycles. The Hall–Kier alpha value is -0.883. The van der Waals surface area contributed by atoms with Crippen molar-refractivity contribution in [2.45, 2.75) is 19.9 Å². The average Bonchev–Trinajstić information content (AvgIpc) is 2.36. The molecule has 0 amide bonds. The lowest BCUT2D eigenvalue weighted by Gasteiger charge is -2.25. The minimum absolute atomic E-state index is 0.655. The first-order valence-corrected chi connectivity index (χ1v) is 7.74. The van der Waals surface area contributed by atoms with E-state index in [0.29, 0.717) is 6.04 Å². The first kappa shape index (κ1) is 15.2. The Morgan fingerprint density at radius 3 is 1.67 bits per heavy atom. The van der Waals surface area contributed by atoms with E-state index in [1.807, 2.05) is 13.8 Å². The Labute approximate surface area is 110 Å². The lowest BCUT2D eigenvalue weighted by atomic mass is 10.1. The SMILES string of the molecule is COc1c(C)cc(C[Si](OC)(OC)OC)cc1C. The van der Waals surface area contributed by atoms with Gasteiger partial charge in [-0.2, -0.15) is 0 Å². The maximum Gasteiger partial charge on any atom is 0.504 e. The smallest absolute Gasteiger partial charge is 0.496 e. The number of aryl methyl sites for hydroxylation is 2. The van der Waals surface area contributed by atoms with Crippen LogP contribution >= 0.6 is 0 Å². The molecule has 4 nitrogen and oxygen atoms in total. The zero-order valence-corrected chi connectivity index (χ0v) is 13.0. The van der Waals surface area contributed by atoms with Crippen LogP contribution in [0.1, 0.15) is 16.7 Å². The molecule has 0 aliphatic heterocycles. The van der Waals surface area contributed by atoms with Crippen LogP contribution < -0.4 is 4.74 Å². The van der Waals surface area contributed by atoms with E-state index in [9.17, 15) is 0 Å². The van der Waals surface area contributed by atoms with Crippen molar-refractivity contribution in [2.24, 2.45) is 0 Å². The normalized spacial score (nSPS) is 11.7. The number of rotatable bonds is 6. The molecule has 1 rings (SSSR count). The van der Waals surface area contributed by atoms with Crippen LogP contribution in [0.4, 0.5) is 0 Å². The van der Waals surface area contributed by atoms with Gasteiger partial charge in [0, 0.05) is 27.4 Å². The quantitative estimate of drug-likeness (QED) is 0.743. The van der Waals surface area contributed by atoms with Crippen LogP contribution in [-0.2, 0) is 19.3 Å². The van der Waals surface area contributed by atoms with Gasteiger partial charge in [0.1, 0.15) is 5.75 Å². The van der Waals surface area contributed by atoms with Crippen LogP contribution in [0.3, 0.4) is 0 Å². The predicted octanol–water partition coefficient (Wildman–Crippen LogP) is 2.27. The summed E-state index contributed by atoms with van der Waals surface area (Å²) in [6, 6.07) is 4.83. The molecule has 0 N–H and O–H groups in total. The molecule has 0 unspecified atom stereocenters. The summed E-state index contributed by atoms with van der Waals surface area (Å²) in [7, 11) is 4.00. The standard InChI is InChI=1S/C13H22O4Si/c1-10-7-12(8-11(2)13(10)14-3)9-18(15-4,16-5)17-6/h7-8H,9H2,1-6H3. The lowest BCUT2D eigenvalue weighted by molar-refractivity contribution is 0.122. The van der Waals surface area contributed by atoms with E-state index in [2.05, 4.69) is 12.1 Å². The van der Waals surface area contributed by atoms with Crippen molar-refractivity contribution >= 4 is 8.80 Å².